The molecule has 1 unspecified atom stereocenters. The van der Waals surface area contributed by atoms with Crippen LogP contribution in [0.4, 0.5) is 0 Å². The van der Waals surface area contributed by atoms with Gasteiger partial charge < -0.3 is 5.11 Å². The van der Waals surface area contributed by atoms with Crippen molar-refractivity contribution < 1.29 is 18.3 Å². The van der Waals surface area contributed by atoms with Crippen LogP contribution in [0.2, 0.25) is 0 Å². The Balaban J connectivity index is 1.96. The molecule has 0 aromatic rings. The van der Waals surface area contributed by atoms with Gasteiger partial charge >= 0.3 is 5.97 Å². The van der Waals surface area contributed by atoms with Crippen molar-refractivity contribution in [1.82, 2.24) is 0 Å². The van der Waals surface area contributed by atoms with E-state index >= 15 is 0 Å². The summed E-state index contributed by atoms with van der Waals surface area (Å²) in [7, 11) is -2.84. The Kier molecular flexibility index (Phi) is 1.87. The van der Waals surface area contributed by atoms with Crippen LogP contribution in [0.1, 0.15) is 12.8 Å². The molecule has 0 amide bonds. The van der Waals surface area contributed by atoms with Crippen molar-refractivity contribution in [2.45, 2.75) is 12.8 Å². The molecule has 1 aliphatic carbocycles. The normalized spacial score (nSPS) is 41.7. The Bertz CT molecular complexity index is 332. The first kappa shape index (κ1) is 8.99. The van der Waals surface area contributed by atoms with Crippen LogP contribution in [0, 0.1) is 17.8 Å². The molecule has 1 aliphatic heterocycles. The molecule has 0 bridgehead atoms. The van der Waals surface area contributed by atoms with Gasteiger partial charge in [0, 0.05) is 0 Å². The van der Waals surface area contributed by atoms with E-state index < -0.39 is 15.8 Å². The van der Waals surface area contributed by atoms with E-state index in [0.29, 0.717) is 12.8 Å². The zero-order valence-corrected chi connectivity index (χ0v) is 7.96. The van der Waals surface area contributed by atoms with Crippen LogP contribution in [0.3, 0.4) is 0 Å². The van der Waals surface area contributed by atoms with Gasteiger partial charge in [-0.2, -0.15) is 0 Å². The van der Waals surface area contributed by atoms with Crippen molar-refractivity contribution >= 4 is 15.8 Å². The Labute approximate surface area is 76.9 Å². The number of hydrogen-bond donors (Lipinski definition) is 1. The monoisotopic (exact) mass is 204 g/mol. The summed E-state index contributed by atoms with van der Waals surface area (Å²) in [6.07, 6.45) is 1.34. The minimum Gasteiger partial charge on any atom is -0.481 e. The zero-order valence-electron chi connectivity index (χ0n) is 7.14. The van der Waals surface area contributed by atoms with Gasteiger partial charge in [-0.15, -0.1) is 0 Å². The predicted octanol–water partition coefficient (Wildman–Crippen LogP) is 0.142. The van der Waals surface area contributed by atoms with Crippen molar-refractivity contribution in [3.8, 4) is 0 Å². The molecule has 0 aromatic carbocycles. The fraction of sp³-hybridized carbons (Fsp3) is 0.875. The quantitative estimate of drug-likeness (QED) is 0.694. The topological polar surface area (TPSA) is 71.4 Å². The molecule has 13 heavy (non-hydrogen) atoms. The molecule has 1 heterocycles. The summed E-state index contributed by atoms with van der Waals surface area (Å²) < 4.78 is 22.2. The third-order valence-electron chi connectivity index (χ3n) is 3.03. The molecule has 2 aliphatic rings. The lowest BCUT2D eigenvalue weighted by Crippen LogP contribution is -2.10. The molecule has 5 heteroatoms. The van der Waals surface area contributed by atoms with Gasteiger partial charge in [-0.05, 0) is 24.7 Å². The van der Waals surface area contributed by atoms with E-state index in [1.165, 1.54) is 0 Å². The number of hydrogen-bond acceptors (Lipinski definition) is 3. The lowest BCUT2D eigenvalue weighted by molar-refractivity contribution is -0.139. The maximum atomic E-state index is 11.1. The van der Waals surface area contributed by atoms with Gasteiger partial charge in [0.15, 0.2) is 9.84 Å². The molecule has 4 nitrogen and oxygen atoms in total. The Hall–Kier alpha value is -0.580. The number of aliphatic carboxylic acids is 1. The molecule has 1 saturated heterocycles. The summed E-state index contributed by atoms with van der Waals surface area (Å²) in [5, 5.41) is 8.66. The molecule has 2 fully saturated rings. The van der Waals surface area contributed by atoms with Gasteiger partial charge in [0.05, 0.1) is 17.4 Å². The SMILES string of the molecule is O=C(O)[C@@H]1C[C@H]1C1CCS(=O)(=O)C1. The van der Waals surface area contributed by atoms with Gasteiger partial charge in [0.1, 0.15) is 0 Å². The van der Waals surface area contributed by atoms with E-state index in [-0.39, 0.29) is 29.3 Å². The Morgan fingerprint density at radius 1 is 1.38 bits per heavy atom. The lowest BCUT2D eigenvalue weighted by atomic mass is 10.0. The first-order valence-corrected chi connectivity index (χ1v) is 6.25. The Morgan fingerprint density at radius 3 is 2.46 bits per heavy atom. The average molecular weight is 204 g/mol. The van der Waals surface area contributed by atoms with E-state index in [2.05, 4.69) is 0 Å². The second-order valence-electron chi connectivity index (χ2n) is 4.01. The Morgan fingerprint density at radius 2 is 2.08 bits per heavy atom. The molecule has 1 N–H and O–H groups in total. The van der Waals surface area contributed by atoms with Gasteiger partial charge in [-0.3, -0.25) is 4.79 Å². The van der Waals surface area contributed by atoms with Gasteiger partial charge in [0.2, 0.25) is 0 Å². The lowest BCUT2D eigenvalue weighted by Gasteiger charge is -2.03. The predicted molar refractivity (Wildman–Crippen MR) is 46.0 cm³/mol. The third-order valence-corrected chi connectivity index (χ3v) is 4.82. The number of carbonyl (C=O) groups is 1. The van der Waals surface area contributed by atoms with Crippen molar-refractivity contribution in [3.05, 3.63) is 0 Å². The highest BCUT2D eigenvalue weighted by molar-refractivity contribution is 7.91. The van der Waals surface area contributed by atoms with Crippen LogP contribution in [0.25, 0.3) is 0 Å². The number of sulfone groups is 1. The first-order valence-electron chi connectivity index (χ1n) is 4.43. The molecule has 0 spiro atoms. The van der Waals surface area contributed by atoms with Crippen LogP contribution in [0.5, 0.6) is 0 Å². The fourth-order valence-corrected chi connectivity index (χ4v) is 4.08. The second-order valence-corrected chi connectivity index (χ2v) is 6.24. The van der Waals surface area contributed by atoms with E-state index in [0.717, 1.165) is 0 Å². The number of carboxylic acid groups (broad SMARTS) is 1. The van der Waals surface area contributed by atoms with Crippen LogP contribution in [0.15, 0.2) is 0 Å². The van der Waals surface area contributed by atoms with Crippen molar-refractivity contribution in [2.24, 2.45) is 17.8 Å². The summed E-state index contributed by atoms with van der Waals surface area (Å²) in [4.78, 5) is 10.5. The van der Waals surface area contributed by atoms with E-state index in [1.807, 2.05) is 0 Å². The van der Waals surface area contributed by atoms with Crippen LogP contribution < -0.4 is 0 Å². The molecule has 2 rings (SSSR count). The van der Waals surface area contributed by atoms with E-state index in [4.69, 9.17) is 5.11 Å². The molecule has 74 valence electrons. The maximum Gasteiger partial charge on any atom is 0.306 e. The number of carboxylic acids is 1. The number of rotatable bonds is 2. The van der Waals surface area contributed by atoms with Crippen LogP contribution in [-0.2, 0) is 14.6 Å². The minimum absolute atomic E-state index is 0.117. The molecular weight excluding hydrogens is 192 g/mol. The van der Waals surface area contributed by atoms with Gasteiger partial charge in [-0.1, -0.05) is 0 Å². The summed E-state index contributed by atoms with van der Waals surface area (Å²) in [6.45, 7) is 0. The van der Waals surface area contributed by atoms with Gasteiger partial charge in [0.25, 0.3) is 0 Å². The highest BCUT2D eigenvalue weighted by Gasteiger charge is 2.50. The molecule has 3 atom stereocenters. The smallest absolute Gasteiger partial charge is 0.306 e. The van der Waals surface area contributed by atoms with Gasteiger partial charge in [-0.25, -0.2) is 8.42 Å². The summed E-state index contributed by atoms with van der Waals surface area (Å²) in [5.74, 6) is -0.324. The highest BCUT2D eigenvalue weighted by atomic mass is 32.2. The van der Waals surface area contributed by atoms with Crippen molar-refractivity contribution in [1.29, 1.82) is 0 Å². The summed E-state index contributed by atoms with van der Waals surface area (Å²) >= 11 is 0. The average Bonchev–Trinajstić information content (AvgIpc) is 2.71. The molecule has 0 aromatic heterocycles. The minimum atomic E-state index is -2.84. The van der Waals surface area contributed by atoms with E-state index in [1.54, 1.807) is 0 Å². The van der Waals surface area contributed by atoms with Crippen molar-refractivity contribution in [3.63, 3.8) is 0 Å². The maximum absolute atomic E-state index is 11.1. The van der Waals surface area contributed by atoms with E-state index in [9.17, 15) is 13.2 Å². The molecule has 0 radical (unpaired) electrons. The third kappa shape index (κ3) is 1.70. The fourth-order valence-electron chi connectivity index (χ4n) is 2.18. The highest BCUT2D eigenvalue weighted by Crippen LogP contribution is 2.47. The zero-order chi connectivity index (χ0) is 9.64. The first-order chi connectivity index (χ1) is 5.99. The van der Waals surface area contributed by atoms with Crippen LogP contribution in [-0.4, -0.2) is 31.0 Å². The van der Waals surface area contributed by atoms with Crippen molar-refractivity contribution in [2.75, 3.05) is 11.5 Å². The molecule has 1 saturated carbocycles. The summed E-state index contributed by atoms with van der Waals surface area (Å²) in [6, 6.07) is 0. The summed E-state index contributed by atoms with van der Waals surface area (Å²) in [5.41, 5.74) is 0. The molecular formula is C8H12O4S. The second kappa shape index (κ2) is 2.70. The standard InChI is InChI=1S/C8H12O4S/c9-8(10)7-3-6(7)5-1-2-13(11,12)4-5/h5-7H,1-4H2,(H,9,10)/t5?,6-,7+/m0/s1. The van der Waals surface area contributed by atoms with Crippen LogP contribution >= 0.6 is 0 Å². The largest absolute Gasteiger partial charge is 0.481 e.